The SMILES string of the molecule is Ic1ccc2[nH]c[c]c2c1. The van der Waals surface area contributed by atoms with Gasteiger partial charge in [0.15, 0.2) is 0 Å². The molecule has 0 aliphatic heterocycles. The number of benzene rings is 1. The highest BCUT2D eigenvalue weighted by Gasteiger charge is 1.92. The van der Waals surface area contributed by atoms with Crippen molar-refractivity contribution in [3.8, 4) is 0 Å². The maximum atomic E-state index is 3.10. The van der Waals surface area contributed by atoms with Crippen molar-refractivity contribution in [2.75, 3.05) is 0 Å². The number of aromatic nitrogens is 1. The van der Waals surface area contributed by atoms with E-state index in [1.165, 1.54) is 3.57 Å². The Hall–Kier alpha value is -0.510. The van der Waals surface area contributed by atoms with E-state index in [4.69, 9.17) is 0 Å². The molecule has 1 aromatic heterocycles. The van der Waals surface area contributed by atoms with E-state index in [0.29, 0.717) is 0 Å². The first-order chi connectivity index (χ1) is 4.86. The molecule has 2 heteroatoms. The summed E-state index contributed by atoms with van der Waals surface area (Å²) in [7, 11) is 0. The summed E-state index contributed by atoms with van der Waals surface area (Å²) in [4.78, 5) is 3.09. The number of rotatable bonds is 0. The van der Waals surface area contributed by atoms with Crippen molar-refractivity contribution in [3.05, 3.63) is 34.0 Å². The molecule has 1 heterocycles. The Balaban J connectivity index is 2.86. The van der Waals surface area contributed by atoms with Gasteiger partial charge in [-0.2, -0.15) is 0 Å². The van der Waals surface area contributed by atoms with Crippen molar-refractivity contribution in [3.63, 3.8) is 0 Å². The Morgan fingerprint density at radius 3 is 3.20 bits per heavy atom. The average Bonchev–Trinajstić information content (AvgIpc) is 2.33. The summed E-state index contributed by atoms with van der Waals surface area (Å²) < 4.78 is 1.25. The number of aromatic amines is 1. The second kappa shape index (κ2) is 2.27. The number of nitrogens with one attached hydrogen (secondary N) is 1. The minimum Gasteiger partial charge on any atom is -0.361 e. The largest absolute Gasteiger partial charge is 0.361 e. The Labute approximate surface area is 72.6 Å². The van der Waals surface area contributed by atoms with Gasteiger partial charge < -0.3 is 4.98 Å². The molecule has 2 rings (SSSR count). The zero-order valence-electron chi connectivity index (χ0n) is 5.19. The smallest absolute Gasteiger partial charge is 0.0461 e. The molecule has 1 N–H and O–H groups in total. The molecule has 2 aromatic rings. The third-order valence-corrected chi connectivity index (χ3v) is 2.11. The number of fused-ring (bicyclic) bond motifs is 1. The molecular weight excluding hydrogens is 237 g/mol. The maximum Gasteiger partial charge on any atom is 0.0461 e. The van der Waals surface area contributed by atoms with E-state index in [9.17, 15) is 0 Å². The van der Waals surface area contributed by atoms with Crippen LogP contribution in [0.25, 0.3) is 10.9 Å². The van der Waals surface area contributed by atoms with Gasteiger partial charge in [-0.3, -0.25) is 0 Å². The van der Waals surface area contributed by atoms with Crippen molar-refractivity contribution in [1.82, 2.24) is 4.98 Å². The normalized spacial score (nSPS) is 10.5. The zero-order valence-corrected chi connectivity index (χ0v) is 7.34. The van der Waals surface area contributed by atoms with Crippen LogP contribution >= 0.6 is 22.6 Å². The van der Waals surface area contributed by atoms with E-state index in [-0.39, 0.29) is 0 Å². The molecule has 0 spiro atoms. The van der Waals surface area contributed by atoms with Crippen molar-refractivity contribution >= 4 is 33.5 Å². The highest BCUT2D eigenvalue weighted by molar-refractivity contribution is 14.1. The van der Waals surface area contributed by atoms with Gasteiger partial charge in [0.05, 0.1) is 0 Å². The Bertz CT molecular complexity index is 351. The predicted molar refractivity (Wildman–Crippen MR) is 49.9 cm³/mol. The van der Waals surface area contributed by atoms with Gasteiger partial charge >= 0.3 is 0 Å². The lowest BCUT2D eigenvalue weighted by Gasteiger charge is -1.88. The summed E-state index contributed by atoms with van der Waals surface area (Å²) in [6, 6.07) is 9.34. The van der Waals surface area contributed by atoms with Crippen LogP contribution in [-0.4, -0.2) is 4.98 Å². The molecule has 49 valence electrons. The molecule has 0 amide bonds. The fourth-order valence-corrected chi connectivity index (χ4v) is 1.44. The second-order valence-electron chi connectivity index (χ2n) is 2.12. The minimum atomic E-state index is 1.15. The van der Waals surface area contributed by atoms with Gasteiger partial charge in [0.1, 0.15) is 0 Å². The number of hydrogen-bond acceptors (Lipinski definition) is 0. The summed E-state index contributed by atoms with van der Waals surface area (Å²) >= 11 is 2.29. The lowest BCUT2D eigenvalue weighted by Crippen LogP contribution is -1.69. The third-order valence-electron chi connectivity index (χ3n) is 1.44. The van der Waals surface area contributed by atoms with Gasteiger partial charge in [-0.15, -0.1) is 0 Å². The first-order valence-electron chi connectivity index (χ1n) is 3.00. The van der Waals surface area contributed by atoms with Gasteiger partial charge in [-0.25, -0.2) is 0 Å². The molecule has 1 aromatic carbocycles. The van der Waals surface area contributed by atoms with Crippen LogP contribution in [0.15, 0.2) is 24.4 Å². The fraction of sp³-hybridized carbons (Fsp3) is 0. The molecular formula is C8H5IN. The van der Waals surface area contributed by atoms with Crippen LogP contribution in [0.5, 0.6) is 0 Å². The van der Waals surface area contributed by atoms with E-state index >= 15 is 0 Å². The van der Waals surface area contributed by atoms with Crippen molar-refractivity contribution < 1.29 is 0 Å². The Morgan fingerprint density at radius 1 is 1.40 bits per heavy atom. The lowest BCUT2D eigenvalue weighted by molar-refractivity contribution is 1.47. The van der Waals surface area contributed by atoms with E-state index in [0.717, 1.165) is 10.9 Å². The van der Waals surface area contributed by atoms with Crippen LogP contribution in [0, 0.1) is 9.64 Å². The maximum absolute atomic E-state index is 3.10. The first kappa shape index (κ1) is 6.22. The molecule has 0 unspecified atom stereocenters. The number of halogens is 1. The van der Waals surface area contributed by atoms with Gasteiger partial charge in [0.2, 0.25) is 0 Å². The van der Waals surface area contributed by atoms with Crippen molar-refractivity contribution in [1.29, 1.82) is 0 Å². The van der Waals surface area contributed by atoms with Crippen LogP contribution in [0.2, 0.25) is 0 Å². The van der Waals surface area contributed by atoms with E-state index in [1.807, 2.05) is 6.20 Å². The number of H-pyrrole nitrogens is 1. The molecule has 0 bridgehead atoms. The van der Waals surface area contributed by atoms with Crippen LogP contribution in [0.3, 0.4) is 0 Å². The Kier molecular flexibility index (Phi) is 1.41. The van der Waals surface area contributed by atoms with E-state index < -0.39 is 0 Å². The van der Waals surface area contributed by atoms with E-state index in [1.54, 1.807) is 0 Å². The summed E-state index contributed by atoms with van der Waals surface area (Å²) in [5, 5.41) is 1.16. The molecule has 10 heavy (non-hydrogen) atoms. The van der Waals surface area contributed by atoms with Gasteiger partial charge in [0.25, 0.3) is 0 Å². The zero-order chi connectivity index (χ0) is 6.97. The molecule has 0 saturated heterocycles. The monoisotopic (exact) mass is 242 g/mol. The third kappa shape index (κ3) is 0.923. The fourth-order valence-electron chi connectivity index (χ4n) is 0.953. The van der Waals surface area contributed by atoms with Gasteiger partial charge in [-0.05, 0) is 40.8 Å². The summed E-state index contributed by atoms with van der Waals surface area (Å²) in [5.41, 5.74) is 1.15. The van der Waals surface area contributed by atoms with Crippen molar-refractivity contribution in [2.24, 2.45) is 0 Å². The first-order valence-corrected chi connectivity index (χ1v) is 4.08. The van der Waals surface area contributed by atoms with Crippen LogP contribution in [-0.2, 0) is 0 Å². The predicted octanol–water partition coefficient (Wildman–Crippen LogP) is 2.57. The highest BCUT2D eigenvalue weighted by Crippen LogP contribution is 2.14. The molecule has 0 atom stereocenters. The lowest BCUT2D eigenvalue weighted by atomic mass is 10.3. The van der Waals surface area contributed by atoms with Crippen LogP contribution < -0.4 is 0 Å². The average molecular weight is 242 g/mol. The van der Waals surface area contributed by atoms with Crippen molar-refractivity contribution in [2.45, 2.75) is 0 Å². The van der Waals surface area contributed by atoms with E-state index in [2.05, 4.69) is 51.8 Å². The van der Waals surface area contributed by atoms with Crippen LogP contribution in [0.1, 0.15) is 0 Å². The molecule has 0 saturated carbocycles. The second-order valence-corrected chi connectivity index (χ2v) is 3.37. The van der Waals surface area contributed by atoms with Gasteiger partial charge in [-0.1, -0.05) is 0 Å². The Morgan fingerprint density at radius 2 is 2.30 bits per heavy atom. The van der Waals surface area contributed by atoms with Crippen LogP contribution in [0.4, 0.5) is 0 Å². The molecule has 0 fully saturated rings. The quantitative estimate of drug-likeness (QED) is 0.683. The number of hydrogen-bond donors (Lipinski definition) is 1. The highest BCUT2D eigenvalue weighted by atomic mass is 127. The van der Waals surface area contributed by atoms with Gasteiger partial charge in [0, 0.05) is 26.7 Å². The summed E-state index contributed by atoms with van der Waals surface area (Å²) in [5.74, 6) is 0. The minimum absolute atomic E-state index is 1.15. The summed E-state index contributed by atoms with van der Waals surface area (Å²) in [6.45, 7) is 0. The standard InChI is InChI=1S/C8H5IN/c9-7-1-2-8-6(5-7)3-4-10-8/h1-2,4-5,10H. The molecule has 1 radical (unpaired) electrons. The molecule has 1 nitrogen and oxygen atoms in total. The molecule has 0 aliphatic rings. The summed E-state index contributed by atoms with van der Waals surface area (Å²) in [6.07, 6.45) is 1.83. The topological polar surface area (TPSA) is 15.8 Å². The molecule has 0 aliphatic carbocycles.